The lowest BCUT2D eigenvalue weighted by molar-refractivity contribution is -0.120. The number of hydrogen-bond acceptors (Lipinski definition) is 6. The predicted octanol–water partition coefficient (Wildman–Crippen LogP) is -0.440. The average Bonchev–Trinajstić information content (AvgIpc) is 2.67. The zero-order chi connectivity index (χ0) is 20.7. The van der Waals surface area contributed by atoms with Gasteiger partial charge in [-0.25, -0.2) is 4.79 Å². The van der Waals surface area contributed by atoms with E-state index in [9.17, 15) is 29.5 Å². The summed E-state index contributed by atoms with van der Waals surface area (Å²) in [7, 11) is -1.97. The van der Waals surface area contributed by atoms with Crippen LogP contribution in [0.2, 0.25) is 0 Å². The maximum absolute atomic E-state index is 12.0. The molecule has 0 bridgehead atoms. The van der Waals surface area contributed by atoms with E-state index < -0.39 is 43.1 Å². The topological polar surface area (TPSA) is 156 Å². The number of carboxylic acid groups (broad SMARTS) is 1. The molecule has 0 saturated carbocycles. The molecular weight excluding hydrogens is 367 g/mol. The highest BCUT2D eigenvalue weighted by Gasteiger charge is 2.27. The minimum absolute atomic E-state index is 0.117. The number of amides is 2. The first-order chi connectivity index (χ1) is 13.3. The van der Waals surface area contributed by atoms with E-state index in [4.69, 9.17) is 5.11 Å². The lowest BCUT2D eigenvalue weighted by Gasteiger charge is -2.19. The van der Waals surface area contributed by atoms with Crippen molar-refractivity contribution >= 4 is 24.9 Å². The number of nitrogens with one attached hydrogen (secondary N) is 2. The van der Waals surface area contributed by atoms with Gasteiger partial charge < -0.3 is 30.9 Å². The average molecular weight is 386 g/mol. The monoisotopic (exact) mass is 386 g/mol. The molecule has 1 atom stereocenters. The van der Waals surface area contributed by atoms with Crippen LogP contribution in [0.15, 0.2) is 48.5 Å². The Morgan fingerprint density at radius 2 is 1.68 bits per heavy atom. The summed E-state index contributed by atoms with van der Waals surface area (Å²) in [6, 6.07) is 12.2. The molecule has 2 aromatic rings. The largest absolute Gasteiger partial charge is 0.507 e. The van der Waals surface area contributed by atoms with Gasteiger partial charge in [0.2, 0.25) is 5.91 Å². The summed E-state index contributed by atoms with van der Waals surface area (Å²) in [4.78, 5) is 35.0. The Hall–Kier alpha value is -3.37. The highest BCUT2D eigenvalue weighted by atomic mass is 16.4. The minimum Gasteiger partial charge on any atom is -0.507 e. The molecule has 0 unspecified atom stereocenters. The fourth-order valence-electron chi connectivity index (χ4n) is 2.51. The molecule has 0 aliphatic rings. The summed E-state index contributed by atoms with van der Waals surface area (Å²) in [5.74, 6) is -4.24. The molecule has 146 valence electrons. The second kappa shape index (κ2) is 9.54. The van der Waals surface area contributed by atoms with E-state index in [2.05, 4.69) is 10.6 Å². The molecule has 2 rings (SSSR count). The molecule has 0 spiro atoms. The third kappa shape index (κ3) is 5.56. The number of aromatic hydroxyl groups is 1. The fraction of sp³-hybridized carbons (Fsp3) is 0.167. The number of carbonyl (C=O) groups is 3. The van der Waals surface area contributed by atoms with Crippen LogP contribution in [-0.2, 0) is 11.2 Å². The number of benzene rings is 2. The summed E-state index contributed by atoms with van der Waals surface area (Å²) in [6.45, 7) is -0.405. The van der Waals surface area contributed by atoms with Crippen molar-refractivity contribution in [2.45, 2.75) is 12.4 Å². The van der Waals surface area contributed by atoms with Crippen molar-refractivity contribution in [1.29, 1.82) is 0 Å². The van der Waals surface area contributed by atoms with Crippen LogP contribution in [0.5, 0.6) is 5.75 Å². The zero-order valence-corrected chi connectivity index (χ0v) is 14.7. The van der Waals surface area contributed by atoms with Gasteiger partial charge in [-0.05, 0) is 30.2 Å². The Bertz CT molecular complexity index is 858. The first kappa shape index (κ1) is 20.9. The summed E-state index contributed by atoms with van der Waals surface area (Å²) < 4.78 is 0. The Labute approximate surface area is 160 Å². The smallest absolute Gasteiger partial charge is 0.475 e. The molecule has 0 fully saturated rings. The van der Waals surface area contributed by atoms with Gasteiger partial charge in [0, 0.05) is 5.56 Å². The number of hydrogen-bond donors (Lipinski definition) is 6. The molecule has 2 amide bonds. The van der Waals surface area contributed by atoms with Gasteiger partial charge in [0.25, 0.3) is 5.91 Å². The van der Waals surface area contributed by atoms with Gasteiger partial charge in [0.15, 0.2) is 0 Å². The lowest BCUT2D eigenvalue weighted by atomic mass is 9.75. The van der Waals surface area contributed by atoms with Gasteiger partial charge in [-0.15, -0.1) is 0 Å². The van der Waals surface area contributed by atoms with Crippen molar-refractivity contribution in [1.82, 2.24) is 10.6 Å². The normalized spacial score (nSPS) is 11.4. The van der Waals surface area contributed by atoms with Crippen molar-refractivity contribution in [2.24, 2.45) is 0 Å². The molecule has 9 nitrogen and oxygen atoms in total. The quantitative estimate of drug-likeness (QED) is 0.336. The van der Waals surface area contributed by atoms with Gasteiger partial charge >= 0.3 is 13.1 Å². The Morgan fingerprint density at radius 3 is 2.29 bits per heavy atom. The van der Waals surface area contributed by atoms with E-state index in [-0.39, 0.29) is 17.5 Å². The Kier molecular flexibility index (Phi) is 7.13. The van der Waals surface area contributed by atoms with Crippen molar-refractivity contribution in [3.63, 3.8) is 0 Å². The lowest BCUT2D eigenvalue weighted by Crippen LogP contribution is -2.50. The van der Waals surface area contributed by atoms with Gasteiger partial charge in [-0.3, -0.25) is 9.59 Å². The second-order valence-electron chi connectivity index (χ2n) is 5.96. The van der Waals surface area contributed by atoms with E-state index >= 15 is 0 Å². The van der Waals surface area contributed by atoms with E-state index in [1.54, 1.807) is 30.3 Å². The van der Waals surface area contributed by atoms with Crippen LogP contribution >= 0.6 is 0 Å². The molecule has 10 heteroatoms. The van der Waals surface area contributed by atoms with E-state index in [1.165, 1.54) is 18.2 Å². The number of para-hydroxylation sites is 1. The SMILES string of the molecule is O=C(CNC(=O)c1ccccc1)N[C@@H](Cc1cccc(C(=O)O)c1O)B(O)O. The molecule has 2 aromatic carbocycles. The second-order valence-corrected chi connectivity index (χ2v) is 5.96. The van der Waals surface area contributed by atoms with E-state index in [0.717, 1.165) is 0 Å². The molecule has 0 radical (unpaired) electrons. The Morgan fingerprint density at radius 1 is 1.00 bits per heavy atom. The zero-order valence-electron chi connectivity index (χ0n) is 14.7. The van der Waals surface area contributed by atoms with Gasteiger partial charge in [-0.1, -0.05) is 30.3 Å². The van der Waals surface area contributed by atoms with Crippen LogP contribution < -0.4 is 10.6 Å². The van der Waals surface area contributed by atoms with Crippen molar-refractivity contribution < 1.29 is 34.6 Å². The Balaban J connectivity index is 1.99. The number of carboxylic acids is 1. The van der Waals surface area contributed by atoms with Crippen LogP contribution in [0, 0.1) is 0 Å². The van der Waals surface area contributed by atoms with Crippen molar-refractivity contribution in [3.8, 4) is 5.75 Å². The van der Waals surface area contributed by atoms with Gasteiger partial charge in [0.05, 0.1) is 12.5 Å². The molecule has 0 saturated heterocycles. The minimum atomic E-state index is -1.97. The highest BCUT2D eigenvalue weighted by Crippen LogP contribution is 2.23. The summed E-state index contributed by atoms with van der Waals surface area (Å²) in [6.07, 6.45) is -0.233. The van der Waals surface area contributed by atoms with Gasteiger partial charge in [-0.2, -0.15) is 0 Å². The first-order valence-corrected chi connectivity index (χ1v) is 8.32. The standard InChI is InChI=1S/C18H19BN2O7/c22-15(10-20-17(24)11-5-2-1-3-6-11)21-14(19(27)28)9-12-7-4-8-13(16(12)23)18(25)26/h1-8,14,23,27-28H,9-10H2,(H,20,24)(H,21,22)(H,25,26)/t14-/m0/s1. The van der Waals surface area contributed by atoms with Crippen molar-refractivity contribution in [3.05, 3.63) is 65.2 Å². The van der Waals surface area contributed by atoms with Gasteiger partial charge in [0.1, 0.15) is 11.3 Å². The van der Waals surface area contributed by atoms with Crippen LogP contribution in [-0.4, -0.2) is 57.6 Å². The van der Waals surface area contributed by atoms with Crippen LogP contribution in [0.4, 0.5) is 0 Å². The van der Waals surface area contributed by atoms with Crippen LogP contribution in [0.3, 0.4) is 0 Å². The number of phenols is 1. The first-order valence-electron chi connectivity index (χ1n) is 8.32. The fourth-order valence-corrected chi connectivity index (χ4v) is 2.51. The van der Waals surface area contributed by atoms with Crippen molar-refractivity contribution in [2.75, 3.05) is 6.54 Å². The number of aromatic carboxylic acids is 1. The maximum atomic E-state index is 12.0. The third-order valence-corrected chi connectivity index (χ3v) is 3.94. The molecular formula is C18H19BN2O7. The van der Waals surface area contributed by atoms with E-state index in [0.29, 0.717) is 5.56 Å². The molecule has 0 aromatic heterocycles. The summed E-state index contributed by atoms with van der Waals surface area (Å²) >= 11 is 0. The summed E-state index contributed by atoms with van der Waals surface area (Å²) in [5, 5.41) is 42.8. The maximum Gasteiger partial charge on any atom is 0.475 e. The number of rotatable bonds is 8. The van der Waals surface area contributed by atoms with E-state index in [1.807, 2.05) is 0 Å². The van der Waals surface area contributed by atoms with Crippen LogP contribution in [0.1, 0.15) is 26.3 Å². The summed E-state index contributed by atoms with van der Waals surface area (Å²) in [5.41, 5.74) is 0.140. The predicted molar refractivity (Wildman–Crippen MR) is 99.7 cm³/mol. The molecule has 0 heterocycles. The molecule has 0 aliphatic carbocycles. The molecule has 6 N–H and O–H groups in total. The van der Waals surface area contributed by atoms with Crippen LogP contribution in [0.25, 0.3) is 0 Å². The highest BCUT2D eigenvalue weighted by molar-refractivity contribution is 6.43. The molecule has 0 aliphatic heterocycles. The third-order valence-electron chi connectivity index (χ3n) is 3.94. The molecule has 28 heavy (non-hydrogen) atoms. The number of carbonyl (C=O) groups excluding carboxylic acids is 2.